The van der Waals surface area contributed by atoms with E-state index in [2.05, 4.69) is 9.05 Å². The Balaban J connectivity index is 5.87. The van der Waals surface area contributed by atoms with E-state index in [1.165, 1.54) is 0 Å². The van der Waals surface area contributed by atoms with Crippen molar-refractivity contribution in [1.82, 2.24) is 0 Å². The first-order valence-electron chi connectivity index (χ1n) is 4.40. The molecule has 0 saturated carbocycles. The fourth-order valence-corrected chi connectivity index (χ4v) is 1.73. The van der Waals surface area contributed by atoms with E-state index in [1.54, 1.807) is 0 Å². The van der Waals surface area contributed by atoms with Crippen molar-refractivity contribution in [2.24, 2.45) is 0 Å². The molecule has 20 heavy (non-hydrogen) atoms. The van der Waals surface area contributed by atoms with Crippen LogP contribution in [0.25, 0.3) is 0 Å². The van der Waals surface area contributed by atoms with Gasteiger partial charge in [-0.05, 0) is 6.92 Å². The molecule has 0 aliphatic rings. The summed E-state index contributed by atoms with van der Waals surface area (Å²) in [5, 5.41) is 0. The van der Waals surface area contributed by atoms with Gasteiger partial charge >= 0.3 is 32.0 Å². The lowest BCUT2D eigenvalue weighted by Gasteiger charge is -2.35. The first-order valence-corrected chi connectivity index (χ1v) is 5.89. The average Bonchev–Trinajstić information content (AvgIpc) is 2.12. The highest BCUT2D eigenvalue weighted by atomic mass is 31.2. The van der Waals surface area contributed by atoms with Crippen LogP contribution in [0, 0.1) is 0 Å². The zero-order valence-electron chi connectivity index (χ0n) is 9.23. The smallest absolute Gasteiger partial charge is 0.302 e. The molecule has 0 aliphatic carbocycles. The predicted octanol–water partition coefficient (Wildman–Crippen LogP) is 3.57. The summed E-state index contributed by atoms with van der Waals surface area (Å²) >= 11 is 0. The van der Waals surface area contributed by atoms with Crippen molar-refractivity contribution in [2.45, 2.75) is 31.1 Å². The van der Waals surface area contributed by atoms with Crippen molar-refractivity contribution in [3.63, 3.8) is 0 Å². The van der Waals surface area contributed by atoms with Crippen LogP contribution in [0.5, 0.6) is 0 Å². The Morgan fingerprint density at radius 3 is 1.60 bits per heavy atom. The number of halogens is 9. The summed E-state index contributed by atoms with van der Waals surface area (Å²) in [4.78, 5) is 8.51. The van der Waals surface area contributed by atoms with Crippen molar-refractivity contribution in [2.75, 3.05) is 6.61 Å². The zero-order valence-corrected chi connectivity index (χ0v) is 10.1. The Labute approximate surface area is 105 Å². The number of phosphoric ester groups is 1. The summed E-state index contributed by atoms with van der Waals surface area (Å²) in [6, 6.07) is 0. The lowest BCUT2D eigenvalue weighted by atomic mass is 10.1. The van der Waals surface area contributed by atoms with Gasteiger partial charge in [0.25, 0.3) is 0 Å². The van der Waals surface area contributed by atoms with E-state index in [9.17, 15) is 44.1 Å². The van der Waals surface area contributed by atoms with Gasteiger partial charge < -0.3 is 4.89 Å². The van der Waals surface area contributed by atoms with Crippen molar-refractivity contribution >= 4 is 7.82 Å². The van der Waals surface area contributed by atoms with Gasteiger partial charge in [-0.2, -0.15) is 39.5 Å². The van der Waals surface area contributed by atoms with Crippen LogP contribution in [0.1, 0.15) is 6.92 Å². The molecule has 2 unspecified atom stereocenters. The summed E-state index contributed by atoms with van der Waals surface area (Å²) < 4.78 is 127. The topological polar surface area (TPSA) is 55.8 Å². The normalized spacial score (nSPS) is 20.4. The molecule has 0 saturated heterocycles. The van der Waals surface area contributed by atoms with Crippen LogP contribution in [-0.4, -0.2) is 35.6 Å². The molecule has 2 atom stereocenters. The number of alkyl halides is 9. The lowest BCUT2D eigenvalue weighted by molar-refractivity contribution is -0.434. The van der Waals surface area contributed by atoms with Gasteiger partial charge in [0.2, 0.25) is 0 Å². The molecule has 0 bridgehead atoms. The fraction of sp³-hybridized carbons (Fsp3) is 1.00. The Morgan fingerprint density at radius 2 is 1.35 bits per heavy atom. The molecule has 14 heteroatoms. The van der Waals surface area contributed by atoms with Crippen LogP contribution >= 0.6 is 7.82 Å². The molecular weight excluding hydrogens is 338 g/mol. The Hall–Kier alpha value is -0.520. The predicted molar refractivity (Wildman–Crippen MR) is 43.4 cm³/mol. The second-order valence-electron chi connectivity index (χ2n) is 3.14. The third-order valence-electron chi connectivity index (χ3n) is 1.66. The molecule has 0 rings (SSSR count). The maximum absolute atomic E-state index is 13.2. The third-order valence-corrected chi connectivity index (χ3v) is 2.72. The van der Waals surface area contributed by atoms with E-state index < -0.39 is 38.6 Å². The lowest BCUT2D eigenvalue weighted by Crippen LogP contribution is -2.63. The highest BCUT2D eigenvalue weighted by Gasteiger charge is 2.84. The van der Waals surface area contributed by atoms with Crippen LogP contribution in [0.2, 0.25) is 0 Å². The van der Waals surface area contributed by atoms with Crippen LogP contribution in [0.3, 0.4) is 0 Å². The van der Waals surface area contributed by atoms with Gasteiger partial charge in [-0.25, -0.2) is 9.09 Å². The minimum absolute atomic E-state index is 0.863. The maximum atomic E-state index is 13.2. The van der Waals surface area contributed by atoms with Crippen LogP contribution in [0.15, 0.2) is 0 Å². The fourth-order valence-electron chi connectivity index (χ4n) is 0.818. The number of hydrogen-bond donors (Lipinski definition) is 1. The standard InChI is InChI=1S/C6H6F9O4P/c1-2-18-20(16,17)19-4(9,6(13,14)15)3(7,8)5(10,11)12/h2H2,1H3,(H,16,17). The summed E-state index contributed by atoms with van der Waals surface area (Å²) in [5.41, 5.74) is 0. The summed E-state index contributed by atoms with van der Waals surface area (Å²) in [6.07, 6.45) is -14.0. The molecule has 0 aromatic heterocycles. The molecular formula is C6H6F9O4P. The average molecular weight is 344 g/mol. The Bertz CT molecular complexity index is 391. The first kappa shape index (κ1) is 19.5. The maximum Gasteiger partial charge on any atom is 0.475 e. The monoisotopic (exact) mass is 344 g/mol. The van der Waals surface area contributed by atoms with Gasteiger partial charge in [0.15, 0.2) is 0 Å². The van der Waals surface area contributed by atoms with E-state index in [4.69, 9.17) is 4.89 Å². The molecule has 0 amide bonds. The molecule has 0 fully saturated rings. The van der Waals surface area contributed by atoms with Gasteiger partial charge in [0.1, 0.15) is 0 Å². The van der Waals surface area contributed by atoms with Crippen LogP contribution in [-0.2, 0) is 13.6 Å². The van der Waals surface area contributed by atoms with Gasteiger partial charge in [-0.15, -0.1) is 0 Å². The molecule has 0 heterocycles. The van der Waals surface area contributed by atoms with E-state index in [-0.39, 0.29) is 0 Å². The van der Waals surface area contributed by atoms with Crippen LogP contribution < -0.4 is 0 Å². The first-order chi connectivity index (χ1) is 8.52. The Kier molecular flexibility index (Phi) is 5.21. The molecule has 0 aromatic carbocycles. The molecule has 0 radical (unpaired) electrons. The van der Waals surface area contributed by atoms with Crippen molar-refractivity contribution in [3.05, 3.63) is 0 Å². The van der Waals surface area contributed by atoms with Gasteiger partial charge in [0.05, 0.1) is 6.61 Å². The highest BCUT2D eigenvalue weighted by molar-refractivity contribution is 7.47. The van der Waals surface area contributed by atoms with Crippen molar-refractivity contribution < 1.29 is 58.0 Å². The van der Waals surface area contributed by atoms with Gasteiger partial charge in [0, 0.05) is 0 Å². The third kappa shape index (κ3) is 3.57. The molecule has 122 valence electrons. The number of hydrogen-bond acceptors (Lipinski definition) is 3. The highest BCUT2D eigenvalue weighted by Crippen LogP contribution is 2.60. The summed E-state index contributed by atoms with van der Waals surface area (Å²) in [5.74, 6) is -13.9. The van der Waals surface area contributed by atoms with E-state index in [0.29, 0.717) is 0 Å². The minimum atomic E-state index is -7.15. The second-order valence-corrected chi connectivity index (χ2v) is 4.52. The molecule has 4 nitrogen and oxygen atoms in total. The van der Waals surface area contributed by atoms with Gasteiger partial charge in [-0.3, -0.25) is 4.52 Å². The van der Waals surface area contributed by atoms with Gasteiger partial charge in [-0.1, -0.05) is 0 Å². The molecule has 1 N–H and O–H groups in total. The summed E-state index contributed by atoms with van der Waals surface area (Å²) in [7, 11) is -6.15. The van der Waals surface area contributed by atoms with Crippen molar-refractivity contribution in [1.29, 1.82) is 0 Å². The zero-order chi connectivity index (χ0) is 16.6. The Morgan fingerprint density at radius 1 is 0.950 bits per heavy atom. The SMILES string of the molecule is CCOP(=O)(O)OC(F)(C(F)(F)F)C(F)(F)C(F)(F)F. The molecule has 0 spiro atoms. The summed E-state index contributed by atoms with van der Waals surface area (Å²) in [6.45, 7) is -0.0546. The molecule has 0 aliphatic heterocycles. The second kappa shape index (κ2) is 5.35. The van der Waals surface area contributed by atoms with E-state index in [1.807, 2.05) is 0 Å². The minimum Gasteiger partial charge on any atom is -0.302 e. The molecule has 0 aromatic rings. The van der Waals surface area contributed by atoms with Crippen molar-refractivity contribution in [3.8, 4) is 0 Å². The number of rotatable bonds is 5. The van der Waals surface area contributed by atoms with E-state index in [0.717, 1.165) is 6.92 Å². The number of phosphoric acid groups is 1. The quantitative estimate of drug-likeness (QED) is 0.612. The largest absolute Gasteiger partial charge is 0.475 e. The van der Waals surface area contributed by atoms with E-state index >= 15 is 0 Å². The van der Waals surface area contributed by atoms with Crippen LogP contribution in [0.4, 0.5) is 39.5 Å².